The molecule has 0 unspecified atom stereocenters. The second kappa shape index (κ2) is 3.52. The highest BCUT2D eigenvalue weighted by molar-refractivity contribution is 5.22. The number of nitrogen functional groups attached to an aromatic ring is 1. The molecule has 4 nitrogen and oxygen atoms in total. The molecule has 0 amide bonds. The van der Waals surface area contributed by atoms with E-state index in [0.29, 0.717) is 11.5 Å². The first-order valence-electron chi connectivity index (χ1n) is 5.50. The van der Waals surface area contributed by atoms with Crippen LogP contribution in [0, 0.1) is 6.92 Å². The minimum absolute atomic E-state index is 0.307. The molecule has 0 aliphatic heterocycles. The van der Waals surface area contributed by atoms with E-state index in [0.717, 1.165) is 12.2 Å². The van der Waals surface area contributed by atoms with E-state index >= 15 is 0 Å². The van der Waals surface area contributed by atoms with Crippen molar-refractivity contribution in [1.29, 1.82) is 0 Å². The first kappa shape index (κ1) is 10.5. The molecule has 0 bridgehead atoms. The first-order chi connectivity index (χ1) is 7.03. The van der Waals surface area contributed by atoms with Crippen LogP contribution < -0.4 is 5.73 Å². The molecule has 1 aliphatic rings. The van der Waals surface area contributed by atoms with Gasteiger partial charge in [0.2, 0.25) is 0 Å². The van der Waals surface area contributed by atoms with Gasteiger partial charge >= 0.3 is 0 Å². The predicted octanol–water partition coefficient (Wildman–Crippen LogP) is 1.26. The fourth-order valence-electron chi connectivity index (χ4n) is 2.34. The summed E-state index contributed by atoms with van der Waals surface area (Å²) in [6, 6.07) is 0. The number of nitrogens with two attached hydrogens (primary N) is 1. The number of imidazole rings is 1. The number of anilines is 1. The van der Waals surface area contributed by atoms with E-state index < -0.39 is 0 Å². The Morgan fingerprint density at radius 2 is 2.20 bits per heavy atom. The lowest BCUT2D eigenvalue weighted by molar-refractivity contribution is 0.0430. The summed E-state index contributed by atoms with van der Waals surface area (Å²) >= 11 is 0. The number of rotatable bonds is 3. The zero-order chi connectivity index (χ0) is 11.1. The van der Waals surface area contributed by atoms with Crippen LogP contribution in [0.1, 0.15) is 25.0 Å². The predicted molar refractivity (Wildman–Crippen MR) is 61.6 cm³/mol. The molecule has 1 heterocycles. The van der Waals surface area contributed by atoms with Crippen LogP contribution in [0.4, 0.5) is 5.95 Å². The Kier molecular flexibility index (Phi) is 2.46. The second-order valence-electron chi connectivity index (χ2n) is 4.84. The Labute approximate surface area is 91.1 Å². The molecule has 0 atom stereocenters. The fraction of sp³-hybridized carbons (Fsp3) is 0.727. The molecule has 0 spiro atoms. The molecule has 1 fully saturated rings. The van der Waals surface area contributed by atoms with Gasteiger partial charge in [-0.1, -0.05) is 0 Å². The summed E-state index contributed by atoms with van der Waals surface area (Å²) < 4.78 is 2.08. The molecule has 84 valence electrons. The van der Waals surface area contributed by atoms with Crippen LogP contribution in [-0.4, -0.2) is 34.1 Å². The molecule has 1 aromatic heterocycles. The van der Waals surface area contributed by atoms with E-state index in [1.807, 2.05) is 13.1 Å². The van der Waals surface area contributed by atoms with Gasteiger partial charge in [-0.25, -0.2) is 4.98 Å². The van der Waals surface area contributed by atoms with Crippen molar-refractivity contribution in [2.45, 2.75) is 38.3 Å². The number of nitrogens with zero attached hydrogens (tertiary/aromatic N) is 3. The highest BCUT2D eigenvalue weighted by Crippen LogP contribution is 2.37. The lowest BCUT2D eigenvalue weighted by Crippen LogP contribution is -2.53. The van der Waals surface area contributed by atoms with E-state index in [2.05, 4.69) is 28.5 Å². The third-order valence-corrected chi connectivity index (χ3v) is 3.63. The number of aromatic nitrogens is 2. The third-order valence-electron chi connectivity index (χ3n) is 3.63. The topological polar surface area (TPSA) is 47.1 Å². The Morgan fingerprint density at radius 3 is 2.53 bits per heavy atom. The van der Waals surface area contributed by atoms with Crippen molar-refractivity contribution >= 4 is 5.95 Å². The van der Waals surface area contributed by atoms with Crippen LogP contribution >= 0.6 is 0 Å². The summed E-state index contributed by atoms with van der Waals surface area (Å²) in [4.78, 5) is 6.56. The maximum Gasteiger partial charge on any atom is 0.200 e. The molecule has 1 aliphatic carbocycles. The molecule has 2 N–H and O–H groups in total. The molecule has 0 aromatic carbocycles. The van der Waals surface area contributed by atoms with Crippen LogP contribution in [-0.2, 0) is 6.54 Å². The molecular formula is C11H20N4. The summed E-state index contributed by atoms with van der Waals surface area (Å²) in [7, 11) is 4.30. The van der Waals surface area contributed by atoms with E-state index in [1.54, 1.807) is 0 Å². The lowest BCUT2D eigenvalue weighted by Gasteiger charge is -2.47. The SMILES string of the molecule is Cc1cn(CC2(N(C)C)CCC2)c(N)n1. The summed E-state index contributed by atoms with van der Waals surface area (Å²) in [5, 5.41) is 0. The van der Waals surface area contributed by atoms with E-state index in [4.69, 9.17) is 5.73 Å². The average molecular weight is 208 g/mol. The van der Waals surface area contributed by atoms with Crippen LogP contribution in [0.2, 0.25) is 0 Å². The number of aryl methyl sites for hydroxylation is 1. The Balaban J connectivity index is 2.17. The molecule has 2 rings (SSSR count). The molecule has 0 saturated heterocycles. The summed E-state index contributed by atoms with van der Waals surface area (Å²) in [6.07, 6.45) is 5.89. The summed E-state index contributed by atoms with van der Waals surface area (Å²) in [5.41, 5.74) is 7.17. The smallest absolute Gasteiger partial charge is 0.200 e. The van der Waals surface area contributed by atoms with Crippen molar-refractivity contribution in [3.8, 4) is 0 Å². The highest BCUT2D eigenvalue weighted by Gasteiger charge is 2.39. The Morgan fingerprint density at radius 1 is 1.53 bits per heavy atom. The van der Waals surface area contributed by atoms with Gasteiger partial charge < -0.3 is 15.2 Å². The summed E-state index contributed by atoms with van der Waals surface area (Å²) in [5.74, 6) is 0.639. The van der Waals surface area contributed by atoms with Gasteiger partial charge in [-0.05, 0) is 40.3 Å². The normalized spacial score (nSPS) is 19.2. The van der Waals surface area contributed by atoms with Gasteiger partial charge in [0.1, 0.15) is 0 Å². The Bertz CT molecular complexity index is 349. The monoisotopic (exact) mass is 208 g/mol. The quantitative estimate of drug-likeness (QED) is 0.813. The van der Waals surface area contributed by atoms with Gasteiger partial charge in [-0.2, -0.15) is 0 Å². The fourth-order valence-corrected chi connectivity index (χ4v) is 2.34. The van der Waals surface area contributed by atoms with E-state index in [-0.39, 0.29) is 0 Å². The third kappa shape index (κ3) is 1.74. The van der Waals surface area contributed by atoms with Gasteiger partial charge in [0.15, 0.2) is 5.95 Å². The first-order valence-corrected chi connectivity index (χ1v) is 5.50. The molecule has 1 saturated carbocycles. The van der Waals surface area contributed by atoms with Crippen LogP contribution in [0.5, 0.6) is 0 Å². The number of hydrogen-bond donors (Lipinski definition) is 1. The zero-order valence-electron chi connectivity index (χ0n) is 9.82. The standard InChI is InChI=1S/C11H20N4/c1-9-7-15(10(12)13-9)8-11(14(2)3)5-4-6-11/h7H,4-6,8H2,1-3H3,(H2,12,13). The Hall–Kier alpha value is -1.03. The van der Waals surface area contributed by atoms with Crippen molar-refractivity contribution < 1.29 is 0 Å². The maximum absolute atomic E-state index is 5.86. The van der Waals surface area contributed by atoms with Crippen molar-refractivity contribution in [3.63, 3.8) is 0 Å². The molecule has 4 heteroatoms. The lowest BCUT2D eigenvalue weighted by atomic mass is 9.75. The minimum Gasteiger partial charge on any atom is -0.369 e. The second-order valence-corrected chi connectivity index (χ2v) is 4.84. The largest absolute Gasteiger partial charge is 0.369 e. The molecule has 1 aromatic rings. The van der Waals surface area contributed by atoms with Gasteiger partial charge in [0, 0.05) is 18.3 Å². The van der Waals surface area contributed by atoms with Crippen molar-refractivity contribution in [3.05, 3.63) is 11.9 Å². The van der Waals surface area contributed by atoms with Crippen LogP contribution in [0.25, 0.3) is 0 Å². The van der Waals surface area contributed by atoms with Crippen LogP contribution in [0.15, 0.2) is 6.20 Å². The van der Waals surface area contributed by atoms with Crippen molar-refractivity contribution in [2.24, 2.45) is 0 Å². The van der Waals surface area contributed by atoms with Gasteiger partial charge in [0.25, 0.3) is 0 Å². The molecule has 0 radical (unpaired) electrons. The molecule has 15 heavy (non-hydrogen) atoms. The number of hydrogen-bond acceptors (Lipinski definition) is 3. The zero-order valence-corrected chi connectivity index (χ0v) is 9.82. The maximum atomic E-state index is 5.86. The minimum atomic E-state index is 0.307. The van der Waals surface area contributed by atoms with Gasteiger partial charge in [-0.15, -0.1) is 0 Å². The average Bonchev–Trinajstić information content (AvgIpc) is 2.37. The van der Waals surface area contributed by atoms with Crippen LogP contribution in [0.3, 0.4) is 0 Å². The highest BCUT2D eigenvalue weighted by atomic mass is 15.2. The van der Waals surface area contributed by atoms with E-state index in [1.165, 1.54) is 19.3 Å². The molecular weight excluding hydrogens is 188 g/mol. The number of likely N-dealkylation sites (N-methyl/N-ethyl adjacent to an activating group) is 1. The summed E-state index contributed by atoms with van der Waals surface area (Å²) in [6.45, 7) is 2.95. The van der Waals surface area contributed by atoms with Crippen molar-refractivity contribution in [1.82, 2.24) is 14.5 Å². The van der Waals surface area contributed by atoms with E-state index in [9.17, 15) is 0 Å². The van der Waals surface area contributed by atoms with Gasteiger partial charge in [-0.3, -0.25) is 0 Å². The van der Waals surface area contributed by atoms with Crippen molar-refractivity contribution in [2.75, 3.05) is 19.8 Å². The van der Waals surface area contributed by atoms with Gasteiger partial charge in [0.05, 0.1) is 5.69 Å².